The number of pyridine rings is 2. The fraction of sp³-hybridized carbons (Fsp3) is 0.300. The van der Waals surface area contributed by atoms with E-state index in [1.807, 2.05) is 42.2 Å². The summed E-state index contributed by atoms with van der Waals surface area (Å²) in [4.78, 5) is 27.7. The Morgan fingerprint density at radius 1 is 1.22 bits per heavy atom. The van der Waals surface area contributed by atoms with Gasteiger partial charge in [0.2, 0.25) is 0 Å². The van der Waals surface area contributed by atoms with Gasteiger partial charge in [-0.1, -0.05) is 6.07 Å². The lowest BCUT2D eigenvalue weighted by molar-refractivity contribution is 0.0728. The molecule has 0 unspecified atom stereocenters. The quantitative estimate of drug-likeness (QED) is 0.759. The van der Waals surface area contributed by atoms with Crippen molar-refractivity contribution < 1.29 is 9.21 Å². The molecule has 7 heteroatoms. The van der Waals surface area contributed by atoms with E-state index >= 15 is 0 Å². The molecule has 27 heavy (non-hydrogen) atoms. The van der Waals surface area contributed by atoms with Crippen molar-refractivity contribution in [3.05, 3.63) is 65.6 Å². The van der Waals surface area contributed by atoms with Crippen LogP contribution in [0.25, 0.3) is 0 Å². The van der Waals surface area contributed by atoms with E-state index in [4.69, 9.17) is 4.42 Å². The second-order valence-electron chi connectivity index (χ2n) is 6.68. The van der Waals surface area contributed by atoms with Gasteiger partial charge in [0.15, 0.2) is 12.1 Å². The van der Waals surface area contributed by atoms with Crippen LogP contribution in [0.2, 0.25) is 0 Å². The van der Waals surface area contributed by atoms with Gasteiger partial charge in [0.25, 0.3) is 5.91 Å². The molecule has 1 atom stereocenters. The summed E-state index contributed by atoms with van der Waals surface area (Å²) in [7, 11) is 0. The van der Waals surface area contributed by atoms with E-state index in [2.05, 4.69) is 20.3 Å². The highest BCUT2D eigenvalue weighted by Crippen LogP contribution is 2.34. The van der Waals surface area contributed by atoms with Crippen LogP contribution in [0.1, 0.15) is 46.4 Å². The minimum absolute atomic E-state index is 0.00242. The van der Waals surface area contributed by atoms with Crippen molar-refractivity contribution in [1.82, 2.24) is 19.9 Å². The maximum Gasteiger partial charge on any atom is 0.276 e. The van der Waals surface area contributed by atoms with Gasteiger partial charge in [0, 0.05) is 18.4 Å². The molecule has 0 aliphatic carbocycles. The number of carbonyl (C=O) groups is 1. The van der Waals surface area contributed by atoms with E-state index in [0.717, 1.165) is 29.9 Å². The number of aryl methyl sites for hydroxylation is 2. The molecule has 7 nitrogen and oxygen atoms in total. The Bertz CT molecular complexity index is 968. The number of carbonyl (C=O) groups excluding carboxylic acids is 1. The Morgan fingerprint density at radius 3 is 2.89 bits per heavy atom. The van der Waals surface area contributed by atoms with Crippen LogP contribution < -0.4 is 5.32 Å². The Kier molecular flexibility index (Phi) is 4.58. The van der Waals surface area contributed by atoms with E-state index in [9.17, 15) is 4.79 Å². The summed E-state index contributed by atoms with van der Waals surface area (Å²) in [5.41, 5.74) is 2.37. The third-order valence-electron chi connectivity index (χ3n) is 4.77. The molecule has 1 amide bonds. The lowest BCUT2D eigenvalue weighted by Crippen LogP contribution is -2.31. The molecule has 0 bridgehead atoms. The average Bonchev–Trinajstić information content (AvgIpc) is 3.30. The number of hydrogen-bond donors (Lipinski definition) is 1. The minimum atomic E-state index is -0.0876. The van der Waals surface area contributed by atoms with Gasteiger partial charge >= 0.3 is 0 Å². The molecule has 1 saturated heterocycles. The third kappa shape index (κ3) is 3.53. The number of nitrogens with one attached hydrogen (secondary N) is 1. The van der Waals surface area contributed by atoms with Crippen molar-refractivity contribution in [2.75, 3.05) is 11.9 Å². The topological polar surface area (TPSA) is 84.2 Å². The summed E-state index contributed by atoms with van der Waals surface area (Å²) in [6.45, 7) is 4.41. The molecular weight excluding hydrogens is 342 g/mol. The van der Waals surface area contributed by atoms with Crippen LogP contribution in [-0.4, -0.2) is 32.3 Å². The second-order valence-corrected chi connectivity index (χ2v) is 6.68. The van der Waals surface area contributed by atoms with Crippen LogP contribution in [0.4, 0.5) is 11.6 Å². The summed E-state index contributed by atoms with van der Waals surface area (Å²) in [5, 5.41) is 3.24. The molecule has 0 spiro atoms. The van der Waals surface area contributed by atoms with Gasteiger partial charge in [-0.05, 0) is 56.5 Å². The van der Waals surface area contributed by atoms with Crippen molar-refractivity contribution in [2.24, 2.45) is 0 Å². The number of likely N-dealkylation sites (tertiary alicyclic amines) is 1. The molecule has 0 saturated carbocycles. The first-order valence-corrected chi connectivity index (χ1v) is 8.99. The highest BCUT2D eigenvalue weighted by atomic mass is 16.3. The molecule has 0 radical (unpaired) electrons. The van der Waals surface area contributed by atoms with Gasteiger partial charge in [-0.25, -0.2) is 15.0 Å². The van der Waals surface area contributed by atoms with E-state index in [1.165, 1.54) is 6.39 Å². The fourth-order valence-corrected chi connectivity index (χ4v) is 3.47. The Hall–Kier alpha value is -3.22. The standard InChI is InChI=1S/C20H21N5O2/c1-13-5-3-7-17(23-13)24-18-11-15(8-9-21-18)16-6-4-10-25(16)20(26)19-14(2)27-12-22-19/h3,5,7-9,11-12,16H,4,6,10H2,1-2H3,(H,21,23,24)/t16-/m0/s1. The largest absolute Gasteiger partial charge is 0.448 e. The zero-order valence-electron chi connectivity index (χ0n) is 15.3. The lowest BCUT2D eigenvalue weighted by Gasteiger charge is -2.24. The molecular formula is C20H21N5O2. The van der Waals surface area contributed by atoms with Crippen LogP contribution in [-0.2, 0) is 0 Å². The van der Waals surface area contributed by atoms with E-state index in [-0.39, 0.29) is 11.9 Å². The molecule has 1 fully saturated rings. The maximum atomic E-state index is 12.9. The molecule has 138 valence electrons. The monoisotopic (exact) mass is 363 g/mol. The highest BCUT2D eigenvalue weighted by molar-refractivity contribution is 5.93. The molecule has 4 rings (SSSR count). The zero-order chi connectivity index (χ0) is 18.8. The second kappa shape index (κ2) is 7.19. The number of nitrogens with zero attached hydrogens (tertiary/aromatic N) is 4. The first-order valence-electron chi connectivity index (χ1n) is 8.99. The number of aromatic nitrogens is 3. The van der Waals surface area contributed by atoms with Crippen molar-refractivity contribution in [1.29, 1.82) is 0 Å². The van der Waals surface area contributed by atoms with Gasteiger partial charge < -0.3 is 14.6 Å². The SMILES string of the molecule is Cc1cccc(Nc2cc([C@@H]3CCCN3C(=O)c3ncoc3C)ccn2)n1. The van der Waals surface area contributed by atoms with Crippen LogP contribution in [0.5, 0.6) is 0 Å². The predicted molar refractivity (Wildman–Crippen MR) is 101 cm³/mol. The maximum absolute atomic E-state index is 12.9. The van der Waals surface area contributed by atoms with Gasteiger partial charge in [-0.15, -0.1) is 0 Å². The van der Waals surface area contributed by atoms with Gasteiger partial charge in [-0.3, -0.25) is 4.79 Å². The first kappa shape index (κ1) is 17.2. The minimum Gasteiger partial charge on any atom is -0.448 e. The van der Waals surface area contributed by atoms with Gasteiger partial charge in [0.1, 0.15) is 17.4 Å². The number of anilines is 2. The van der Waals surface area contributed by atoms with Crippen molar-refractivity contribution in [3.63, 3.8) is 0 Å². The summed E-state index contributed by atoms with van der Waals surface area (Å²) >= 11 is 0. The van der Waals surface area contributed by atoms with E-state index < -0.39 is 0 Å². The molecule has 1 aliphatic rings. The molecule has 1 aliphatic heterocycles. The number of rotatable bonds is 4. The Morgan fingerprint density at radius 2 is 2.11 bits per heavy atom. The molecule has 0 aromatic carbocycles. The summed E-state index contributed by atoms with van der Waals surface area (Å²) in [5.74, 6) is 1.92. The number of hydrogen-bond acceptors (Lipinski definition) is 6. The number of amides is 1. The molecule has 3 aromatic rings. The summed E-state index contributed by atoms with van der Waals surface area (Å²) < 4.78 is 5.20. The smallest absolute Gasteiger partial charge is 0.276 e. The molecule has 4 heterocycles. The summed E-state index contributed by atoms with van der Waals surface area (Å²) in [6, 6.07) is 9.74. The Balaban J connectivity index is 1.57. The average molecular weight is 363 g/mol. The highest BCUT2D eigenvalue weighted by Gasteiger charge is 2.32. The van der Waals surface area contributed by atoms with E-state index in [0.29, 0.717) is 23.8 Å². The van der Waals surface area contributed by atoms with Gasteiger partial charge in [0.05, 0.1) is 6.04 Å². The van der Waals surface area contributed by atoms with Gasteiger partial charge in [-0.2, -0.15) is 0 Å². The molecule has 1 N–H and O–H groups in total. The lowest BCUT2D eigenvalue weighted by atomic mass is 10.1. The van der Waals surface area contributed by atoms with Crippen molar-refractivity contribution >= 4 is 17.5 Å². The van der Waals surface area contributed by atoms with Crippen LogP contribution in [0, 0.1) is 13.8 Å². The number of oxazole rings is 1. The van der Waals surface area contributed by atoms with Crippen molar-refractivity contribution in [3.8, 4) is 0 Å². The summed E-state index contributed by atoms with van der Waals surface area (Å²) in [6.07, 6.45) is 4.94. The Labute approximate surface area is 157 Å². The van der Waals surface area contributed by atoms with Crippen LogP contribution in [0.15, 0.2) is 47.3 Å². The normalized spacial score (nSPS) is 16.5. The predicted octanol–water partition coefficient (Wildman–Crippen LogP) is 3.80. The van der Waals surface area contributed by atoms with Crippen molar-refractivity contribution in [2.45, 2.75) is 32.7 Å². The zero-order valence-corrected chi connectivity index (χ0v) is 15.3. The third-order valence-corrected chi connectivity index (χ3v) is 4.77. The van der Waals surface area contributed by atoms with Crippen LogP contribution in [0.3, 0.4) is 0 Å². The fourth-order valence-electron chi connectivity index (χ4n) is 3.47. The molecule has 3 aromatic heterocycles. The first-order chi connectivity index (χ1) is 13.1. The van der Waals surface area contributed by atoms with Crippen LogP contribution >= 0.6 is 0 Å². The van der Waals surface area contributed by atoms with E-state index in [1.54, 1.807) is 13.1 Å².